The Kier molecular flexibility index (Phi) is 3.28. The summed E-state index contributed by atoms with van der Waals surface area (Å²) in [5.74, 6) is 0.821. The molecule has 2 atom stereocenters. The van der Waals surface area contributed by atoms with Crippen molar-refractivity contribution in [3.63, 3.8) is 0 Å². The van der Waals surface area contributed by atoms with Crippen molar-refractivity contribution in [2.24, 2.45) is 5.92 Å². The molecule has 0 aromatic rings. The van der Waals surface area contributed by atoms with Crippen molar-refractivity contribution in [1.29, 1.82) is 5.26 Å². The van der Waals surface area contributed by atoms with Gasteiger partial charge in [-0.15, -0.1) is 0 Å². The van der Waals surface area contributed by atoms with Gasteiger partial charge in [-0.25, -0.2) is 0 Å². The molecule has 0 bridgehead atoms. The molecule has 2 rings (SSSR count). The topological polar surface area (TPSA) is 45.0 Å². The van der Waals surface area contributed by atoms with Crippen molar-refractivity contribution >= 4 is 0 Å². The lowest BCUT2D eigenvalue weighted by molar-refractivity contribution is 0.0475. The zero-order valence-electron chi connectivity index (χ0n) is 9.46. The minimum atomic E-state index is -0.303. The Morgan fingerprint density at radius 2 is 2.27 bits per heavy atom. The first-order chi connectivity index (χ1) is 7.28. The Labute approximate surface area is 91.8 Å². The summed E-state index contributed by atoms with van der Waals surface area (Å²) in [6, 6.07) is 2.42. The fourth-order valence-corrected chi connectivity index (χ4v) is 2.34. The molecule has 0 radical (unpaired) electrons. The molecular weight excluding hydrogens is 188 g/mol. The number of nitriles is 1. The summed E-state index contributed by atoms with van der Waals surface area (Å²) in [6.45, 7) is 3.83. The number of hydrogen-bond acceptors (Lipinski definition) is 3. The molecule has 2 aliphatic carbocycles. The fourth-order valence-electron chi connectivity index (χ4n) is 2.34. The second-order valence-electron chi connectivity index (χ2n) is 4.87. The van der Waals surface area contributed by atoms with Gasteiger partial charge in [-0.2, -0.15) is 5.26 Å². The Balaban J connectivity index is 1.78. The van der Waals surface area contributed by atoms with Gasteiger partial charge in [0.05, 0.1) is 12.2 Å². The van der Waals surface area contributed by atoms with E-state index in [4.69, 9.17) is 4.74 Å². The second kappa shape index (κ2) is 4.51. The molecule has 1 N–H and O–H groups in total. The minimum absolute atomic E-state index is 0.303. The third-order valence-electron chi connectivity index (χ3n) is 3.46. The van der Waals surface area contributed by atoms with Crippen LogP contribution in [0, 0.1) is 17.2 Å². The maximum atomic E-state index is 9.19. The first-order valence-electron chi connectivity index (χ1n) is 6.06. The normalized spacial score (nSPS) is 35.3. The maximum Gasteiger partial charge on any atom is 0.109 e. The van der Waals surface area contributed by atoms with Gasteiger partial charge in [0.15, 0.2) is 0 Å². The maximum absolute atomic E-state index is 9.19. The van der Waals surface area contributed by atoms with Gasteiger partial charge in [-0.1, -0.05) is 6.92 Å². The zero-order chi connectivity index (χ0) is 10.7. The fraction of sp³-hybridized carbons (Fsp3) is 0.917. The highest BCUT2D eigenvalue weighted by Crippen LogP contribution is 2.34. The minimum Gasteiger partial charge on any atom is -0.378 e. The first-order valence-corrected chi connectivity index (χ1v) is 6.06. The van der Waals surface area contributed by atoms with Crippen molar-refractivity contribution < 1.29 is 4.74 Å². The average molecular weight is 208 g/mol. The molecule has 0 saturated heterocycles. The summed E-state index contributed by atoms with van der Waals surface area (Å²) < 4.78 is 5.84. The van der Waals surface area contributed by atoms with Crippen molar-refractivity contribution in [2.45, 2.75) is 50.7 Å². The molecule has 2 saturated carbocycles. The van der Waals surface area contributed by atoms with Crippen LogP contribution in [0.5, 0.6) is 0 Å². The van der Waals surface area contributed by atoms with E-state index in [1.807, 2.05) is 0 Å². The number of ether oxygens (including phenoxy) is 1. The molecule has 0 amide bonds. The van der Waals surface area contributed by atoms with E-state index in [-0.39, 0.29) is 5.54 Å². The largest absolute Gasteiger partial charge is 0.378 e. The highest BCUT2D eigenvalue weighted by molar-refractivity contribution is 5.12. The van der Waals surface area contributed by atoms with Crippen LogP contribution in [0.15, 0.2) is 0 Å². The third kappa shape index (κ3) is 2.70. The summed E-state index contributed by atoms with van der Waals surface area (Å²) in [6.07, 6.45) is 5.82. The highest BCUT2D eigenvalue weighted by atomic mass is 16.5. The van der Waals surface area contributed by atoms with Crippen molar-refractivity contribution in [1.82, 2.24) is 5.32 Å². The van der Waals surface area contributed by atoms with Crippen LogP contribution in [0.4, 0.5) is 0 Å². The summed E-state index contributed by atoms with van der Waals surface area (Å²) in [5, 5.41) is 12.5. The molecule has 2 fully saturated rings. The Bertz CT molecular complexity index is 257. The molecule has 3 nitrogen and oxygen atoms in total. The lowest BCUT2D eigenvalue weighted by atomic mass is 10.00. The van der Waals surface area contributed by atoms with E-state index >= 15 is 0 Å². The molecule has 3 heteroatoms. The van der Waals surface area contributed by atoms with E-state index in [0.29, 0.717) is 6.10 Å². The van der Waals surface area contributed by atoms with Crippen molar-refractivity contribution in [2.75, 3.05) is 13.2 Å². The number of nitrogens with one attached hydrogen (secondary N) is 1. The SMILES string of the molecule is CCNC1(C#N)CCC(OCC2CC2)C1. The van der Waals surface area contributed by atoms with Gasteiger partial charge < -0.3 is 4.74 Å². The van der Waals surface area contributed by atoms with Gasteiger partial charge in [-0.05, 0) is 38.1 Å². The molecule has 0 heterocycles. The monoisotopic (exact) mass is 208 g/mol. The zero-order valence-corrected chi connectivity index (χ0v) is 9.46. The van der Waals surface area contributed by atoms with Crippen LogP contribution < -0.4 is 5.32 Å². The van der Waals surface area contributed by atoms with E-state index in [1.165, 1.54) is 12.8 Å². The number of nitrogens with zero attached hydrogens (tertiary/aromatic N) is 1. The molecule has 0 aromatic carbocycles. The molecule has 0 aromatic heterocycles. The summed E-state index contributed by atoms with van der Waals surface area (Å²) in [5.41, 5.74) is -0.303. The average Bonchev–Trinajstić information content (AvgIpc) is 2.99. The van der Waals surface area contributed by atoms with Gasteiger partial charge in [0, 0.05) is 13.0 Å². The highest BCUT2D eigenvalue weighted by Gasteiger charge is 2.39. The number of hydrogen-bond donors (Lipinski definition) is 1. The van der Waals surface area contributed by atoms with E-state index in [2.05, 4.69) is 18.3 Å². The van der Waals surface area contributed by atoms with Crippen LogP contribution in [0.1, 0.15) is 39.0 Å². The molecule has 15 heavy (non-hydrogen) atoms. The lowest BCUT2D eigenvalue weighted by Gasteiger charge is -2.21. The lowest BCUT2D eigenvalue weighted by Crippen LogP contribution is -2.41. The number of rotatable bonds is 5. The molecule has 84 valence electrons. The van der Waals surface area contributed by atoms with E-state index in [1.54, 1.807) is 0 Å². The Morgan fingerprint density at radius 3 is 2.87 bits per heavy atom. The smallest absolute Gasteiger partial charge is 0.109 e. The van der Waals surface area contributed by atoms with E-state index in [0.717, 1.165) is 38.3 Å². The van der Waals surface area contributed by atoms with Gasteiger partial charge in [0.1, 0.15) is 5.54 Å². The summed E-state index contributed by atoms with van der Waals surface area (Å²) >= 11 is 0. The van der Waals surface area contributed by atoms with Gasteiger partial charge >= 0.3 is 0 Å². The second-order valence-corrected chi connectivity index (χ2v) is 4.87. The van der Waals surface area contributed by atoms with E-state index < -0.39 is 0 Å². The summed E-state index contributed by atoms with van der Waals surface area (Å²) in [4.78, 5) is 0. The van der Waals surface area contributed by atoms with E-state index in [9.17, 15) is 5.26 Å². The molecule has 0 spiro atoms. The molecule has 2 aliphatic rings. The van der Waals surface area contributed by atoms with Gasteiger partial charge in [-0.3, -0.25) is 5.32 Å². The van der Waals surface area contributed by atoms with Crippen LogP contribution in [-0.2, 0) is 4.74 Å². The predicted molar refractivity (Wildman–Crippen MR) is 58.3 cm³/mol. The molecular formula is C12H20N2O. The molecule has 2 unspecified atom stereocenters. The van der Waals surface area contributed by atoms with Gasteiger partial charge in [0.2, 0.25) is 0 Å². The van der Waals surface area contributed by atoms with Crippen LogP contribution in [0.3, 0.4) is 0 Å². The van der Waals surface area contributed by atoms with Crippen LogP contribution in [0.2, 0.25) is 0 Å². The van der Waals surface area contributed by atoms with Crippen molar-refractivity contribution in [3.8, 4) is 6.07 Å². The Morgan fingerprint density at radius 1 is 1.47 bits per heavy atom. The van der Waals surface area contributed by atoms with Crippen LogP contribution in [-0.4, -0.2) is 24.8 Å². The third-order valence-corrected chi connectivity index (χ3v) is 3.46. The first kappa shape index (κ1) is 10.9. The quantitative estimate of drug-likeness (QED) is 0.749. The van der Waals surface area contributed by atoms with Crippen LogP contribution in [0.25, 0.3) is 0 Å². The Hall–Kier alpha value is -0.590. The predicted octanol–water partition coefficient (Wildman–Crippen LogP) is 1.84. The van der Waals surface area contributed by atoms with Gasteiger partial charge in [0.25, 0.3) is 0 Å². The summed E-state index contributed by atoms with van der Waals surface area (Å²) in [7, 11) is 0. The van der Waals surface area contributed by atoms with Crippen molar-refractivity contribution in [3.05, 3.63) is 0 Å². The molecule has 0 aliphatic heterocycles. The standard InChI is InChI=1S/C12H20N2O/c1-2-14-12(9-13)6-5-11(7-12)15-8-10-3-4-10/h10-11,14H,2-8H2,1H3. The van der Waals surface area contributed by atoms with Crippen LogP contribution >= 0.6 is 0 Å².